The molecule has 2 aromatic rings. The Kier molecular flexibility index (Phi) is 9.65. The molecular formula is C24H36N6O6S. The number of nitrogens with zero attached hydrogens (tertiary/aromatic N) is 1. The third kappa shape index (κ3) is 7.99. The average Bonchev–Trinajstić information content (AvgIpc) is 3.44. The van der Waals surface area contributed by atoms with E-state index < -0.39 is 40.5 Å². The van der Waals surface area contributed by atoms with E-state index in [9.17, 15) is 23.1 Å². The van der Waals surface area contributed by atoms with Crippen molar-refractivity contribution < 1.29 is 28.0 Å². The molecular weight excluding hydrogens is 500 g/mol. The van der Waals surface area contributed by atoms with Crippen LogP contribution < -0.4 is 20.8 Å². The lowest BCUT2D eigenvalue weighted by Crippen LogP contribution is -2.51. The molecule has 3 atom stereocenters. The lowest BCUT2D eigenvalue weighted by atomic mass is 10.1. The van der Waals surface area contributed by atoms with E-state index in [1.807, 2.05) is 13.8 Å². The maximum absolute atomic E-state index is 12.9. The van der Waals surface area contributed by atoms with Gasteiger partial charge in [-0.3, -0.25) is 14.4 Å². The second kappa shape index (κ2) is 12.5. The van der Waals surface area contributed by atoms with E-state index in [0.29, 0.717) is 17.5 Å². The number of aliphatic carboxylic acids is 1. The number of imidazole rings is 1. The summed E-state index contributed by atoms with van der Waals surface area (Å²) in [6, 6.07) is 1.26. The number of hydrogen-bond acceptors (Lipinski definition) is 8. The molecule has 0 spiro atoms. The van der Waals surface area contributed by atoms with Gasteiger partial charge < -0.3 is 20.7 Å². The van der Waals surface area contributed by atoms with E-state index in [1.165, 1.54) is 0 Å². The number of aromatic nitrogens is 2. The van der Waals surface area contributed by atoms with Gasteiger partial charge in [0.15, 0.2) is 5.95 Å². The van der Waals surface area contributed by atoms with Crippen LogP contribution in [0.2, 0.25) is 0 Å². The van der Waals surface area contributed by atoms with Crippen LogP contribution in [0.5, 0.6) is 0 Å². The molecule has 3 rings (SSSR count). The summed E-state index contributed by atoms with van der Waals surface area (Å²) in [4.78, 5) is 37.2. The highest BCUT2D eigenvalue weighted by Crippen LogP contribution is 2.22. The fourth-order valence-corrected chi connectivity index (χ4v) is 6.07. The normalized spacial score (nSPS) is 18.5. The van der Waals surface area contributed by atoms with E-state index >= 15 is 0 Å². The lowest BCUT2D eigenvalue weighted by Gasteiger charge is -2.19. The van der Waals surface area contributed by atoms with Gasteiger partial charge in [-0.1, -0.05) is 17.7 Å². The number of amides is 1. The summed E-state index contributed by atoms with van der Waals surface area (Å²) in [5.41, 5.74) is 5.62. The first-order chi connectivity index (χ1) is 17.5. The summed E-state index contributed by atoms with van der Waals surface area (Å²) in [7, 11) is -4.12. The Hall–Kier alpha value is -3.00. The molecule has 1 saturated heterocycles. The number of hydrogen-bond donors (Lipinski definition) is 6. The molecule has 1 amide bonds. The Balaban J connectivity index is 1.44. The van der Waals surface area contributed by atoms with Crippen molar-refractivity contribution in [3.63, 3.8) is 0 Å². The van der Waals surface area contributed by atoms with E-state index in [1.54, 1.807) is 32.2 Å². The van der Waals surface area contributed by atoms with E-state index in [0.717, 1.165) is 43.0 Å². The van der Waals surface area contributed by atoms with E-state index in [4.69, 9.17) is 4.84 Å². The number of unbranched alkanes of at least 4 members (excludes halogenated alkanes) is 1. The molecule has 2 heterocycles. The van der Waals surface area contributed by atoms with Crippen molar-refractivity contribution in [1.29, 1.82) is 0 Å². The molecule has 204 valence electrons. The molecule has 1 aliphatic rings. The highest BCUT2D eigenvalue weighted by molar-refractivity contribution is 7.89. The van der Waals surface area contributed by atoms with Gasteiger partial charge in [-0.2, -0.15) is 10.2 Å². The first-order valence-electron chi connectivity index (χ1n) is 12.2. The summed E-state index contributed by atoms with van der Waals surface area (Å²) in [6.45, 7) is 7.45. The highest BCUT2D eigenvalue weighted by atomic mass is 32.2. The average molecular weight is 537 g/mol. The maximum Gasteiger partial charge on any atom is 0.323 e. The topological polar surface area (TPSA) is 175 Å². The maximum atomic E-state index is 12.9. The van der Waals surface area contributed by atoms with Crippen LogP contribution in [0.25, 0.3) is 0 Å². The monoisotopic (exact) mass is 536 g/mol. The molecule has 13 heteroatoms. The molecule has 37 heavy (non-hydrogen) atoms. The van der Waals surface area contributed by atoms with Gasteiger partial charge in [0.05, 0.1) is 11.0 Å². The minimum absolute atomic E-state index is 0.0406. The van der Waals surface area contributed by atoms with Crippen LogP contribution in [0.15, 0.2) is 23.2 Å². The second-order valence-electron chi connectivity index (χ2n) is 9.47. The third-order valence-corrected chi connectivity index (χ3v) is 7.87. The number of aromatic amines is 1. The number of benzene rings is 1. The lowest BCUT2D eigenvalue weighted by molar-refractivity contribution is -0.139. The molecule has 1 fully saturated rings. The number of hydroxylamine groups is 1. The number of carboxylic acid groups (broad SMARTS) is 1. The van der Waals surface area contributed by atoms with Gasteiger partial charge in [-0.05, 0) is 58.1 Å². The minimum Gasteiger partial charge on any atom is -0.480 e. The molecule has 0 radical (unpaired) electrons. The number of aryl methyl sites for hydroxylation is 4. The first-order valence-corrected chi connectivity index (χ1v) is 13.7. The number of anilines is 1. The van der Waals surface area contributed by atoms with E-state index in [-0.39, 0.29) is 11.0 Å². The van der Waals surface area contributed by atoms with Crippen LogP contribution in [0.1, 0.15) is 48.1 Å². The molecule has 1 aromatic heterocycles. The molecule has 6 N–H and O–H groups in total. The fraction of sp³-hybridized carbons (Fsp3) is 0.542. The smallest absolute Gasteiger partial charge is 0.323 e. The molecule has 12 nitrogen and oxygen atoms in total. The Labute approximate surface area is 217 Å². The first kappa shape index (κ1) is 28.6. The molecule has 1 aromatic carbocycles. The number of carbonyl (C=O) groups is 2. The molecule has 0 bridgehead atoms. The van der Waals surface area contributed by atoms with Crippen LogP contribution >= 0.6 is 0 Å². The van der Waals surface area contributed by atoms with Gasteiger partial charge in [0.2, 0.25) is 15.9 Å². The van der Waals surface area contributed by atoms with Gasteiger partial charge in [0.1, 0.15) is 12.1 Å². The Morgan fingerprint density at radius 3 is 2.51 bits per heavy atom. The van der Waals surface area contributed by atoms with Gasteiger partial charge in [0.25, 0.3) is 0 Å². The Bertz CT molecular complexity index is 1190. The van der Waals surface area contributed by atoms with Crippen LogP contribution in [0.3, 0.4) is 0 Å². The summed E-state index contributed by atoms with van der Waals surface area (Å²) >= 11 is 0. The fourth-order valence-electron chi connectivity index (χ4n) is 4.42. The van der Waals surface area contributed by atoms with Gasteiger partial charge in [-0.15, -0.1) is 0 Å². The third-order valence-electron chi connectivity index (χ3n) is 6.09. The molecule has 0 aliphatic carbocycles. The zero-order chi connectivity index (χ0) is 27.2. The largest absolute Gasteiger partial charge is 0.480 e. The van der Waals surface area contributed by atoms with Gasteiger partial charge >= 0.3 is 5.97 Å². The van der Waals surface area contributed by atoms with Crippen LogP contribution in [0.4, 0.5) is 5.95 Å². The van der Waals surface area contributed by atoms with Crippen molar-refractivity contribution in [3.8, 4) is 0 Å². The molecule has 1 aliphatic heterocycles. The molecule has 0 saturated carbocycles. The summed E-state index contributed by atoms with van der Waals surface area (Å²) in [5, 5.41) is 15.3. The number of sulfonamides is 1. The SMILES string of the molecule is Cc1cc(C)c(S(=O)(=O)NC(CNC(=O)C2CC(CCCCNc3ncc(C)[nH]3)ON2)C(=O)O)c(C)c1. The minimum atomic E-state index is -4.12. The van der Waals surface area contributed by atoms with Crippen molar-refractivity contribution in [3.05, 3.63) is 40.7 Å². The quantitative estimate of drug-likeness (QED) is 0.207. The summed E-state index contributed by atoms with van der Waals surface area (Å²) in [6.07, 6.45) is 4.57. The highest BCUT2D eigenvalue weighted by Gasteiger charge is 2.32. The van der Waals surface area contributed by atoms with Crippen molar-refractivity contribution in [2.24, 2.45) is 0 Å². The van der Waals surface area contributed by atoms with Crippen LogP contribution in [-0.2, 0) is 24.4 Å². The molecule has 3 unspecified atom stereocenters. The van der Waals surface area contributed by atoms with Crippen molar-refractivity contribution in [2.75, 3.05) is 18.4 Å². The summed E-state index contributed by atoms with van der Waals surface area (Å²) < 4.78 is 28.1. The number of rotatable bonds is 13. The standard InChI is InChI=1S/C24H36N6O6S/c1-14-9-15(2)21(16(3)10-14)37(34,35)30-20(23(32)33)13-26-22(31)19-11-18(36-29-19)7-5-6-8-25-24-27-12-17(4)28-24/h9-10,12,18-20,29-30H,5-8,11,13H2,1-4H3,(H,26,31)(H,32,33)(H2,25,27,28). The number of carboxylic acids is 1. The van der Waals surface area contributed by atoms with E-state index in [2.05, 4.69) is 30.8 Å². The zero-order valence-corrected chi connectivity index (χ0v) is 22.4. The Morgan fingerprint density at radius 2 is 1.89 bits per heavy atom. The number of H-pyrrole nitrogens is 1. The van der Waals surface area contributed by atoms with Gasteiger partial charge in [0, 0.05) is 31.4 Å². The van der Waals surface area contributed by atoms with Crippen molar-refractivity contribution >= 4 is 27.8 Å². The Morgan fingerprint density at radius 1 is 1.19 bits per heavy atom. The van der Waals surface area contributed by atoms with Crippen molar-refractivity contribution in [1.82, 2.24) is 25.5 Å². The van der Waals surface area contributed by atoms with Crippen LogP contribution in [-0.4, -0.2) is 66.6 Å². The number of carbonyl (C=O) groups excluding carboxylic acids is 1. The van der Waals surface area contributed by atoms with Crippen LogP contribution in [0, 0.1) is 27.7 Å². The predicted molar refractivity (Wildman–Crippen MR) is 137 cm³/mol. The predicted octanol–water partition coefficient (Wildman–Crippen LogP) is 1.44. The van der Waals surface area contributed by atoms with Crippen molar-refractivity contribution in [2.45, 2.75) is 76.5 Å². The number of nitrogens with one attached hydrogen (secondary N) is 5. The van der Waals surface area contributed by atoms with Gasteiger partial charge in [-0.25, -0.2) is 13.4 Å². The zero-order valence-electron chi connectivity index (χ0n) is 21.6. The summed E-state index contributed by atoms with van der Waals surface area (Å²) in [5.74, 6) is -1.11. The second-order valence-corrected chi connectivity index (χ2v) is 11.1.